The highest BCUT2D eigenvalue weighted by molar-refractivity contribution is 5.01. The number of aromatic nitrogens is 4. The summed E-state index contributed by atoms with van der Waals surface area (Å²) in [5, 5.41) is 11.1. The van der Waals surface area contributed by atoms with Crippen LogP contribution in [-0.4, -0.2) is 19.7 Å². The Labute approximate surface area is 94.5 Å². The Bertz CT molecular complexity index is 423. The van der Waals surface area contributed by atoms with E-state index in [2.05, 4.69) is 32.0 Å². The Morgan fingerprint density at radius 2 is 2.31 bits per heavy atom. The first-order chi connectivity index (χ1) is 7.90. The molecule has 2 heterocycles. The highest BCUT2D eigenvalue weighted by atomic mass is 15.1. The van der Waals surface area contributed by atoms with Crippen LogP contribution in [0.15, 0.2) is 30.9 Å². The number of imidazole rings is 1. The molecule has 0 spiro atoms. The zero-order valence-electron chi connectivity index (χ0n) is 9.30. The molecule has 2 aromatic heterocycles. The highest BCUT2D eigenvalue weighted by Crippen LogP contribution is 1.99. The van der Waals surface area contributed by atoms with Gasteiger partial charge in [0.15, 0.2) is 0 Å². The van der Waals surface area contributed by atoms with Crippen LogP contribution in [0.4, 0.5) is 0 Å². The van der Waals surface area contributed by atoms with E-state index in [1.807, 2.05) is 24.7 Å². The SMILES string of the molecule is CCn1cncc1CNCc1cccnn1. The van der Waals surface area contributed by atoms with Crippen molar-refractivity contribution in [2.45, 2.75) is 26.6 Å². The third kappa shape index (κ3) is 2.64. The van der Waals surface area contributed by atoms with Crippen LogP contribution in [0.2, 0.25) is 0 Å². The molecule has 0 aliphatic carbocycles. The second-order valence-corrected chi connectivity index (χ2v) is 3.49. The molecular weight excluding hydrogens is 202 g/mol. The van der Waals surface area contributed by atoms with E-state index in [0.717, 1.165) is 25.3 Å². The van der Waals surface area contributed by atoms with E-state index in [-0.39, 0.29) is 0 Å². The molecule has 0 amide bonds. The highest BCUT2D eigenvalue weighted by Gasteiger charge is 1.99. The predicted octanol–water partition coefficient (Wildman–Crippen LogP) is 0.983. The fourth-order valence-corrected chi connectivity index (χ4v) is 1.53. The standard InChI is InChI=1S/C11H15N5/c1-2-16-9-13-8-11(16)7-12-6-10-4-3-5-14-15-10/h3-5,8-9,12H,2,6-7H2,1H3. The third-order valence-corrected chi connectivity index (χ3v) is 2.38. The van der Waals surface area contributed by atoms with Crippen LogP contribution >= 0.6 is 0 Å². The van der Waals surface area contributed by atoms with Gasteiger partial charge >= 0.3 is 0 Å². The van der Waals surface area contributed by atoms with Crippen molar-refractivity contribution < 1.29 is 0 Å². The van der Waals surface area contributed by atoms with Gasteiger partial charge in [-0.25, -0.2) is 4.98 Å². The molecule has 16 heavy (non-hydrogen) atoms. The minimum absolute atomic E-state index is 0.725. The lowest BCUT2D eigenvalue weighted by Gasteiger charge is -2.06. The van der Waals surface area contributed by atoms with Crippen LogP contribution in [0.5, 0.6) is 0 Å². The van der Waals surface area contributed by atoms with Crippen molar-refractivity contribution in [1.82, 2.24) is 25.1 Å². The third-order valence-electron chi connectivity index (χ3n) is 2.38. The van der Waals surface area contributed by atoms with Crippen LogP contribution in [-0.2, 0) is 19.6 Å². The number of hydrogen-bond acceptors (Lipinski definition) is 4. The van der Waals surface area contributed by atoms with Gasteiger partial charge < -0.3 is 9.88 Å². The van der Waals surface area contributed by atoms with E-state index in [1.54, 1.807) is 6.20 Å². The topological polar surface area (TPSA) is 55.6 Å². The van der Waals surface area contributed by atoms with E-state index >= 15 is 0 Å². The lowest BCUT2D eigenvalue weighted by Crippen LogP contribution is -2.16. The van der Waals surface area contributed by atoms with E-state index in [9.17, 15) is 0 Å². The first-order valence-electron chi connectivity index (χ1n) is 5.36. The Hall–Kier alpha value is -1.75. The Morgan fingerprint density at radius 1 is 1.38 bits per heavy atom. The molecule has 5 heteroatoms. The maximum absolute atomic E-state index is 4.11. The molecule has 5 nitrogen and oxygen atoms in total. The first kappa shape index (κ1) is 10.8. The van der Waals surface area contributed by atoms with Crippen molar-refractivity contribution in [3.8, 4) is 0 Å². The molecule has 0 aromatic carbocycles. The van der Waals surface area contributed by atoms with E-state index in [1.165, 1.54) is 5.69 Å². The lowest BCUT2D eigenvalue weighted by molar-refractivity contribution is 0.618. The number of rotatable bonds is 5. The average molecular weight is 217 g/mol. The molecule has 0 aliphatic heterocycles. The van der Waals surface area contributed by atoms with Gasteiger partial charge in [-0.3, -0.25) is 0 Å². The van der Waals surface area contributed by atoms with Gasteiger partial charge in [-0.1, -0.05) is 0 Å². The van der Waals surface area contributed by atoms with E-state index in [0.29, 0.717) is 0 Å². The molecule has 1 N–H and O–H groups in total. The molecule has 0 radical (unpaired) electrons. The summed E-state index contributed by atoms with van der Waals surface area (Å²) >= 11 is 0. The quantitative estimate of drug-likeness (QED) is 0.811. The fraction of sp³-hybridized carbons (Fsp3) is 0.364. The molecule has 0 atom stereocenters. The van der Waals surface area contributed by atoms with Crippen molar-refractivity contribution in [3.05, 3.63) is 42.2 Å². The van der Waals surface area contributed by atoms with Gasteiger partial charge in [0.25, 0.3) is 0 Å². The molecule has 2 rings (SSSR count). The second kappa shape index (κ2) is 5.37. The molecule has 2 aromatic rings. The minimum atomic E-state index is 0.725. The van der Waals surface area contributed by atoms with Crippen molar-refractivity contribution in [2.24, 2.45) is 0 Å². The summed E-state index contributed by atoms with van der Waals surface area (Å²) < 4.78 is 2.11. The van der Waals surface area contributed by atoms with Crippen LogP contribution in [0.1, 0.15) is 18.3 Å². The van der Waals surface area contributed by atoms with Gasteiger partial charge in [0.05, 0.1) is 17.7 Å². The van der Waals surface area contributed by atoms with Crippen LogP contribution in [0.25, 0.3) is 0 Å². The minimum Gasteiger partial charge on any atom is -0.334 e. The first-order valence-corrected chi connectivity index (χ1v) is 5.36. The normalized spacial score (nSPS) is 10.6. The van der Waals surface area contributed by atoms with Crippen molar-refractivity contribution in [2.75, 3.05) is 0 Å². The molecule has 0 aliphatic rings. The molecule has 84 valence electrons. The Kier molecular flexibility index (Phi) is 3.61. The van der Waals surface area contributed by atoms with Gasteiger partial charge in [-0.05, 0) is 19.1 Å². The lowest BCUT2D eigenvalue weighted by atomic mass is 10.3. The maximum atomic E-state index is 4.11. The molecule has 0 saturated carbocycles. The largest absolute Gasteiger partial charge is 0.334 e. The van der Waals surface area contributed by atoms with E-state index in [4.69, 9.17) is 0 Å². The number of nitrogens with zero attached hydrogens (tertiary/aromatic N) is 4. The van der Waals surface area contributed by atoms with Gasteiger partial charge in [0, 0.05) is 32.0 Å². The Morgan fingerprint density at radius 3 is 3.06 bits per heavy atom. The summed E-state index contributed by atoms with van der Waals surface area (Å²) in [6.45, 7) is 4.57. The zero-order chi connectivity index (χ0) is 11.2. The summed E-state index contributed by atoms with van der Waals surface area (Å²) in [5.41, 5.74) is 2.14. The summed E-state index contributed by atoms with van der Waals surface area (Å²) in [5.74, 6) is 0. The number of aryl methyl sites for hydroxylation is 1. The van der Waals surface area contributed by atoms with Crippen molar-refractivity contribution in [1.29, 1.82) is 0 Å². The Balaban J connectivity index is 1.85. The van der Waals surface area contributed by atoms with Crippen LogP contribution in [0.3, 0.4) is 0 Å². The smallest absolute Gasteiger partial charge is 0.0948 e. The summed E-state index contributed by atoms with van der Waals surface area (Å²) in [6.07, 6.45) is 5.40. The van der Waals surface area contributed by atoms with Crippen molar-refractivity contribution >= 4 is 0 Å². The molecule has 0 bridgehead atoms. The van der Waals surface area contributed by atoms with Gasteiger partial charge in [0.2, 0.25) is 0 Å². The predicted molar refractivity (Wildman–Crippen MR) is 60.5 cm³/mol. The summed E-state index contributed by atoms with van der Waals surface area (Å²) in [4.78, 5) is 4.11. The molecule has 0 saturated heterocycles. The van der Waals surface area contributed by atoms with E-state index < -0.39 is 0 Å². The maximum Gasteiger partial charge on any atom is 0.0948 e. The van der Waals surface area contributed by atoms with Crippen LogP contribution in [0, 0.1) is 0 Å². The van der Waals surface area contributed by atoms with Crippen LogP contribution < -0.4 is 5.32 Å². The molecule has 0 unspecified atom stereocenters. The average Bonchev–Trinajstić information content (AvgIpc) is 2.78. The number of nitrogens with one attached hydrogen (secondary N) is 1. The van der Waals surface area contributed by atoms with Crippen molar-refractivity contribution in [3.63, 3.8) is 0 Å². The summed E-state index contributed by atoms with van der Waals surface area (Å²) in [7, 11) is 0. The summed E-state index contributed by atoms with van der Waals surface area (Å²) in [6, 6.07) is 3.84. The van der Waals surface area contributed by atoms with Gasteiger partial charge in [-0.2, -0.15) is 10.2 Å². The molecule has 0 fully saturated rings. The number of hydrogen-bond donors (Lipinski definition) is 1. The fourth-order valence-electron chi connectivity index (χ4n) is 1.53. The zero-order valence-corrected chi connectivity index (χ0v) is 9.30. The van der Waals surface area contributed by atoms with Gasteiger partial charge in [0.1, 0.15) is 0 Å². The second-order valence-electron chi connectivity index (χ2n) is 3.49. The monoisotopic (exact) mass is 217 g/mol. The molecular formula is C11H15N5. The van der Waals surface area contributed by atoms with Gasteiger partial charge in [-0.15, -0.1) is 0 Å².